The average molecular weight is 250 g/mol. The molecule has 0 atom stereocenters. The Morgan fingerprint density at radius 1 is 1.29 bits per heavy atom. The van der Waals surface area contributed by atoms with Crippen molar-refractivity contribution in [2.24, 2.45) is 0 Å². The Labute approximate surface area is 104 Å². The third-order valence-electron chi connectivity index (χ3n) is 2.72. The van der Waals surface area contributed by atoms with Crippen LogP contribution >= 0.6 is 11.6 Å². The summed E-state index contributed by atoms with van der Waals surface area (Å²) in [6.07, 6.45) is 1.39. The molecule has 0 aliphatic carbocycles. The second-order valence-corrected chi connectivity index (χ2v) is 4.15. The van der Waals surface area contributed by atoms with E-state index in [4.69, 9.17) is 16.0 Å². The fraction of sp³-hybridized carbons (Fsp3) is 0.154. The molecule has 0 aliphatic heterocycles. The van der Waals surface area contributed by atoms with Crippen LogP contribution in [-0.2, 0) is 0 Å². The molecule has 0 bridgehead atoms. The lowest BCUT2D eigenvalue weighted by atomic mass is 10.1. The van der Waals surface area contributed by atoms with Gasteiger partial charge in [-0.1, -0.05) is 12.1 Å². The zero-order chi connectivity index (χ0) is 12.4. The van der Waals surface area contributed by atoms with Gasteiger partial charge in [0.15, 0.2) is 0 Å². The molecule has 1 N–H and O–H groups in total. The van der Waals surface area contributed by atoms with Gasteiger partial charge in [0.2, 0.25) is 5.22 Å². The third kappa shape index (κ3) is 2.34. The molecule has 4 heteroatoms. The highest BCUT2D eigenvalue weighted by atomic mass is 35.5. The molecule has 0 spiro atoms. The first-order chi connectivity index (χ1) is 8.09. The number of hydrogen-bond donors (Lipinski definition) is 1. The van der Waals surface area contributed by atoms with Gasteiger partial charge in [0.05, 0.1) is 11.8 Å². The largest absolute Gasteiger partial charge is 0.452 e. The lowest BCUT2D eigenvalue weighted by molar-refractivity contribution is 0.102. The van der Waals surface area contributed by atoms with E-state index in [-0.39, 0.29) is 11.1 Å². The highest BCUT2D eigenvalue weighted by Crippen LogP contribution is 2.21. The van der Waals surface area contributed by atoms with Crippen LogP contribution in [0.25, 0.3) is 0 Å². The summed E-state index contributed by atoms with van der Waals surface area (Å²) in [7, 11) is 0. The number of halogens is 1. The van der Waals surface area contributed by atoms with Crippen molar-refractivity contribution in [1.82, 2.24) is 0 Å². The van der Waals surface area contributed by atoms with E-state index < -0.39 is 0 Å². The minimum absolute atomic E-state index is 0.104. The number of nitrogens with one attached hydrogen (secondary N) is 1. The van der Waals surface area contributed by atoms with E-state index in [0.29, 0.717) is 5.56 Å². The number of carbonyl (C=O) groups is 1. The van der Waals surface area contributed by atoms with Crippen molar-refractivity contribution >= 4 is 23.2 Å². The molecule has 17 heavy (non-hydrogen) atoms. The summed E-state index contributed by atoms with van der Waals surface area (Å²) in [6, 6.07) is 7.29. The SMILES string of the molecule is Cc1cccc(NC(=O)c2ccoc2Cl)c1C. The number of benzene rings is 1. The van der Waals surface area contributed by atoms with Crippen molar-refractivity contribution in [3.8, 4) is 0 Å². The Morgan fingerprint density at radius 2 is 2.06 bits per heavy atom. The van der Waals surface area contributed by atoms with Gasteiger partial charge in [-0.25, -0.2) is 0 Å². The summed E-state index contributed by atoms with van der Waals surface area (Å²) in [4.78, 5) is 11.9. The van der Waals surface area contributed by atoms with Gasteiger partial charge in [-0.05, 0) is 48.7 Å². The lowest BCUT2D eigenvalue weighted by Gasteiger charge is -2.09. The van der Waals surface area contributed by atoms with Crippen LogP contribution in [0.3, 0.4) is 0 Å². The number of aryl methyl sites for hydroxylation is 1. The van der Waals surface area contributed by atoms with Crippen LogP contribution in [0, 0.1) is 13.8 Å². The fourth-order valence-corrected chi connectivity index (χ4v) is 1.73. The van der Waals surface area contributed by atoms with E-state index in [1.54, 1.807) is 6.07 Å². The van der Waals surface area contributed by atoms with E-state index in [0.717, 1.165) is 16.8 Å². The first-order valence-electron chi connectivity index (χ1n) is 5.20. The van der Waals surface area contributed by atoms with Gasteiger partial charge in [-0.2, -0.15) is 0 Å². The third-order valence-corrected chi connectivity index (χ3v) is 3.01. The maximum absolute atomic E-state index is 11.9. The average Bonchev–Trinajstić information content (AvgIpc) is 2.71. The number of hydrogen-bond acceptors (Lipinski definition) is 2. The van der Waals surface area contributed by atoms with Gasteiger partial charge >= 0.3 is 0 Å². The smallest absolute Gasteiger partial charge is 0.260 e. The monoisotopic (exact) mass is 249 g/mol. The second kappa shape index (κ2) is 4.63. The van der Waals surface area contributed by atoms with E-state index in [1.807, 2.05) is 32.0 Å². The highest BCUT2D eigenvalue weighted by molar-refractivity contribution is 6.32. The van der Waals surface area contributed by atoms with Crippen molar-refractivity contribution in [2.45, 2.75) is 13.8 Å². The Hall–Kier alpha value is -1.74. The summed E-state index contributed by atoms with van der Waals surface area (Å²) < 4.78 is 4.88. The fourth-order valence-electron chi connectivity index (χ4n) is 1.53. The number of carbonyl (C=O) groups excluding carboxylic acids is 1. The van der Waals surface area contributed by atoms with Gasteiger partial charge < -0.3 is 9.73 Å². The van der Waals surface area contributed by atoms with Crippen LogP contribution in [0.2, 0.25) is 5.22 Å². The summed E-state index contributed by atoms with van der Waals surface area (Å²) in [5.74, 6) is -0.266. The van der Waals surface area contributed by atoms with Crippen LogP contribution < -0.4 is 5.32 Å². The van der Waals surface area contributed by atoms with Crippen LogP contribution in [-0.4, -0.2) is 5.91 Å². The van der Waals surface area contributed by atoms with E-state index in [2.05, 4.69) is 5.32 Å². The first-order valence-corrected chi connectivity index (χ1v) is 5.58. The molecule has 1 aromatic heterocycles. The van der Waals surface area contributed by atoms with Crippen molar-refractivity contribution in [3.05, 3.63) is 52.4 Å². The Bertz CT molecular complexity index is 560. The predicted molar refractivity (Wildman–Crippen MR) is 67.6 cm³/mol. The van der Waals surface area contributed by atoms with Crippen molar-refractivity contribution < 1.29 is 9.21 Å². The topological polar surface area (TPSA) is 42.2 Å². The Kier molecular flexibility index (Phi) is 3.20. The van der Waals surface area contributed by atoms with Gasteiger partial charge in [0.1, 0.15) is 0 Å². The molecule has 1 heterocycles. The van der Waals surface area contributed by atoms with Crippen molar-refractivity contribution in [2.75, 3.05) is 5.32 Å². The first kappa shape index (κ1) is 11.7. The van der Waals surface area contributed by atoms with Crippen molar-refractivity contribution in [1.29, 1.82) is 0 Å². The van der Waals surface area contributed by atoms with E-state index >= 15 is 0 Å². The van der Waals surface area contributed by atoms with Gasteiger partial charge in [0.25, 0.3) is 5.91 Å². The second-order valence-electron chi connectivity index (χ2n) is 3.81. The summed E-state index contributed by atoms with van der Waals surface area (Å²) in [5.41, 5.74) is 3.29. The maximum atomic E-state index is 11.9. The molecule has 0 radical (unpaired) electrons. The molecule has 1 amide bonds. The standard InChI is InChI=1S/C13H12ClNO2/c1-8-4-3-5-11(9(8)2)15-13(16)10-6-7-17-12(10)14/h3-7H,1-2H3,(H,15,16). The quantitative estimate of drug-likeness (QED) is 0.880. The van der Waals surface area contributed by atoms with E-state index in [9.17, 15) is 4.79 Å². The van der Waals surface area contributed by atoms with Crippen LogP contribution in [0.15, 0.2) is 34.9 Å². The molecule has 0 unspecified atom stereocenters. The molecule has 2 rings (SSSR count). The molecule has 0 fully saturated rings. The molecular weight excluding hydrogens is 238 g/mol. The predicted octanol–water partition coefficient (Wildman–Crippen LogP) is 3.80. The zero-order valence-corrected chi connectivity index (χ0v) is 10.3. The molecular formula is C13H12ClNO2. The van der Waals surface area contributed by atoms with Gasteiger partial charge in [-0.15, -0.1) is 0 Å². The Morgan fingerprint density at radius 3 is 2.71 bits per heavy atom. The number of anilines is 1. The Balaban J connectivity index is 2.25. The molecule has 3 nitrogen and oxygen atoms in total. The molecule has 0 aliphatic rings. The summed E-state index contributed by atoms with van der Waals surface area (Å²) in [6.45, 7) is 3.96. The minimum atomic E-state index is -0.266. The molecule has 2 aromatic rings. The summed E-state index contributed by atoms with van der Waals surface area (Å²) >= 11 is 5.74. The number of amides is 1. The number of furan rings is 1. The van der Waals surface area contributed by atoms with Crippen molar-refractivity contribution in [3.63, 3.8) is 0 Å². The molecule has 1 aromatic carbocycles. The van der Waals surface area contributed by atoms with Crippen LogP contribution in [0.5, 0.6) is 0 Å². The highest BCUT2D eigenvalue weighted by Gasteiger charge is 2.14. The van der Waals surface area contributed by atoms with Gasteiger partial charge in [-0.3, -0.25) is 4.79 Å². The van der Waals surface area contributed by atoms with E-state index in [1.165, 1.54) is 6.26 Å². The lowest BCUT2D eigenvalue weighted by Crippen LogP contribution is -2.12. The van der Waals surface area contributed by atoms with Crippen LogP contribution in [0.4, 0.5) is 5.69 Å². The molecule has 0 saturated heterocycles. The normalized spacial score (nSPS) is 10.3. The number of rotatable bonds is 2. The molecule has 88 valence electrons. The van der Waals surface area contributed by atoms with Gasteiger partial charge in [0, 0.05) is 5.69 Å². The molecule has 0 saturated carbocycles. The van der Waals surface area contributed by atoms with Crippen LogP contribution in [0.1, 0.15) is 21.5 Å². The zero-order valence-electron chi connectivity index (χ0n) is 9.58. The summed E-state index contributed by atoms with van der Waals surface area (Å²) in [5, 5.41) is 2.92. The minimum Gasteiger partial charge on any atom is -0.452 e. The maximum Gasteiger partial charge on any atom is 0.260 e.